The molecule has 0 radical (unpaired) electrons. The van der Waals surface area contributed by atoms with E-state index in [0.717, 1.165) is 16.5 Å². The normalized spacial score (nSPS) is 17.5. The van der Waals surface area contributed by atoms with Crippen molar-refractivity contribution in [2.45, 2.75) is 46.1 Å². The number of furan rings is 1. The summed E-state index contributed by atoms with van der Waals surface area (Å²) in [7, 11) is 0. The molecule has 6 nitrogen and oxygen atoms in total. The number of carbonyl (C=O) groups is 2. The molecule has 0 N–H and O–H groups in total. The summed E-state index contributed by atoms with van der Waals surface area (Å²) < 4.78 is 16.2. The third-order valence-corrected chi connectivity index (χ3v) is 4.95. The van der Waals surface area contributed by atoms with Gasteiger partial charge in [0.1, 0.15) is 5.58 Å². The van der Waals surface area contributed by atoms with Crippen molar-refractivity contribution in [3.05, 3.63) is 35.1 Å². The van der Waals surface area contributed by atoms with E-state index in [1.165, 1.54) is 11.1 Å². The van der Waals surface area contributed by atoms with Crippen LogP contribution in [0.5, 0.6) is 0 Å². The number of rotatable bonds is 5. The average Bonchev–Trinajstić information content (AvgIpc) is 3.00. The molecular weight excluding hydrogens is 346 g/mol. The standard InChI is InChI=1S/C21H27NO5/c1-13(2)17-9-18-16(11-26-19(18)7-14(17)3)8-21(24)27-12-20(23)22-5-6-25-15(4)10-22/h7,9,11,13,15H,5-6,8,10,12H2,1-4H3. The lowest BCUT2D eigenvalue weighted by molar-refractivity contribution is -0.154. The van der Waals surface area contributed by atoms with E-state index in [-0.39, 0.29) is 25.0 Å². The van der Waals surface area contributed by atoms with E-state index in [4.69, 9.17) is 13.9 Å². The van der Waals surface area contributed by atoms with Gasteiger partial charge < -0.3 is 18.8 Å². The van der Waals surface area contributed by atoms with Crippen LogP contribution >= 0.6 is 0 Å². The fraction of sp³-hybridized carbons (Fsp3) is 0.524. The molecule has 1 atom stereocenters. The molecule has 1 aromatic carbocycles. The Hall–Kier alpha value is -2.34. The minimum Gasteiger partial charge on any atom is -0.464 e. The van der Waals surface area contributed by atoms with Crippen molar-refractivity contribution in [2.24, 2.45) is 0 Å². The Morgan fingerprint density at radius 2 is 2.11 bits per heavy atom. The third-order valence-electron chi connectivity index (χ3n) is 4.95. The number of morpholine rings is 1. The minimum absolute atomic E-state index is 0.00862. The summed E-state index contributed by atoms with van der Waals surface area (Å²) >= 11 is 0. The quantitative estimate of drug-likeness (QED) is 0.753. The van der Waals surface area contributed by atoms with E-state index in [0.29, 0.717) is 25.6 Å². The van der Waals surface area contributed by atoms with Gasteiger partial charge in [-0.1, -0.05) is 13.8 Å². The Morgan fingerprint density at radius 3 is 2.81 bits per heavy atom. The molecule has 2 aromatic rings. The molecule has 1 aliphatic rings. The maximum absolute atomic E-state index is 12.2. The highest BCUT2D eigenvalue weighted by atomic mass is 16.5. The third kappa shape index (κ3) is 4.50. The first kappa shape index (κ1) is 19.4. The first-order chi connectivity index (χ1) is 12.8. The van der Waals surface area contributed by atoms with Gasteiger partial charge in [-0.2, -0.15) is 0 Å². The van der Waals surface area contributed by atoms with Crippen LogP contribution in [-0.2, 0) is 25.5 Å². The van der Waals surface area contributed by atoms with E-state index in [1.54, 1.807) is 11.2 Å². The molecular formula is C21H27NO5. The van der Waals surface area contributed by atoms with Crippen molar-refractivity contribution in [1.29, 1.82) is 0 Å². The van der Waals surface area contributed by atoms with Gasteiger partial charge in [0, 0.05) is 24.0 Å². The minimum atomic E-state index is -0.431. The summed E-state index contributed by atoms with van der Waals surface area (Å²) in [5, 5.41) is 0.926. The largest absolute Gasteiger partial charge is 0.464 e. The number of esters is 1. The van der Waals surface area contributed by atoms with Crippen LogP contribution in [0.15, 0.2) is 22.8 Å². The molecule has 146 valence electrons. The van der Waals surface area contributed by atoms with Gasteiger partial charge in [-0.25, -0.2) is 0 Å². The van der Waals surface area contributed by atoms with Gasteiger partial charge in [0.05, 0.1) is 25.4 Å². The van der Waals surface area contributed by atoms with Gasteiger partial charge >= 0.3 is 5.97 Å². The number of carbonyl (C=O) groups excluding carboxylic acids is 2. The van der Waals surface area contributed by atoms with E-state index in [1.807, 2.05) is 13.0 Å². The molecule has 3 rings (SSSR count). The van der Waals surface area contributed by atoms with Crippen LogP contribution in [0.25, 0.3) is 11.0 Å². The summed E-state index contributed by atoms with van der Waals surface area (Å²) in [6.45, 7) is 9.59. The second kappa shape index (κ2) is 8.13. The lowest BCUT2D eigenvalue weighted by atomic mass is 9.95. The molecule has 6 heteroatoms. The Labute approximate surface area is 159 Å². The molecule has 1 aromatic heterocycles. The van der Waals surface area contributed by atoms with Crippen molar-refractivity contribution in [3.8, 4) is 0 Å². The molecule has 27 heavy (non-hydrogen) atoms. The number of hydrogen-bond donors (Lipinski definition) is 0. The number of benzene rings is 1. The molecule has 0 aliphatic carbocycles. The highest BCUT2D eigenvalue weighted by molar-refractivity contribution is 5.88. The number of ether oxygens (including phenoxy) is 2. The van der Waals surface area contributed by atoms with Crippen molar-refractivity contribution in [2.75, 3.05) is 26.3 Å². The van der Waals surface area contributed by atoms with Crippen LogP contribution in [-0.4, -0.2) is 49.2 Å². The van der Waals surface area contributed by atoms with Crippen LogP contribution in [0.2, 0.25) is 0 Å². The van der Waals surface area contributed by atoms with Crippen LogP contribution in [0.1, 0.15) is 43.4 Å². The Kier molecular flexibility index (Phi) is 5.85. The zero-order valence-corrected chi connectivity index (χ0v) is 16.4. The van der Waals surface area contributed by atoms with Gasteiger partial charge in [0.2, 0.25) is 0 Å². The van der Waals surface area contributed by atoms with Crippen LogP contribution in [0.4, 0.5) is 0 Å². The first-order valence-electron chi connectivity index (χ1n) is 9.40. The van der Waals surface area contributed by atoms with Gasteiger partial charge in [-0.05, 0) is 43.0 Å². The maximum Gasteiger partial charge on any atom is 0.310 e. The van der Waals surface area contributed by atoms with E-state index < -0.39 is 5.97 Å². The predicted octanol–water partition coefficient (Wildman–Crippen LogP) is 3.20. The Morgan fingerprint density at radius 1 is 1.33 bits per heavy atom. The van der Waals surface area contributed by atoms with Crippen LogP contribution in [0, 0.1) is 6.92 Å². The van der Waals surface area contributed by atoms with Gasteiger partial charge in [0.15, 0.2) is 6.61 Å². The topological polar surface area (TPSA) is 69.0 Å². The summed E-state index contributed by atoms with van der Waals surface area (Å²) in [6, 6.07) is 4.09. The summed E-state index contributed by atoms with van der Waals surface area (Å²) in [4.78, 5) is 26.1. The second-order valence-corrected chi connectivity index (χ2v) is 7.48. The molecule has 2 heterocycles. The van der Waals surface area contributed by atoms with Crippen LogP contribution in [0.3, 0.4) is 0 Å². The predicted molar refractivity (Wildman–Crippen MR) is 102 cm³/mol. The molecule has 1 unspecified atom stereocenters. The lowest BCUT2D eigenvalue weighted by Gasteiger charge is -2.30. The SMILES string of the molecule is Cc1cc2occ(CC(=O)OCC(=O)N3CCOC(C)C3)c2cc1C(C)C. The smallest absolute Gasteiger partial charge is 0.310 e. The van der Waals surface area contributed by atoms with Gasteiger partial charge in [-0.15, -0.1) is 0 Å². The lowest BCUT2D eigenvalue weighted by Crippen LogP contribution is -2.46. The summed E-state index contributed by atoms with van der Waals surface area (Å²) in [6.07, 6.45) is 1.69. The molecule has 0 saturated carbocycles. The van der Waals surface area contributed by atoms with Crippen molar-refractivity contribution < 1.29 is 23.5 Å². The summed E-state index contributed by atoms with van der Waals surface area (Å²) in [5.74, 6) is -0.232. The monoisotopic (exact) mass is 373 g/mol. The molecule has 1 fully saturated rings. The molecule has 1 aliphatic heterocycles. The number of amides is 1. The van der Waals surface area contributed by atoms with Crippen molar-refractivity contribution in [3.63, 3.8) is 0 Å². The second-order valence-electron chi connectivity index (χ2n) is 7.48. The molecule has 0 bridgehead atoms. The van der Waals surface area contributed by atoms with E-state index >= 15 is 0 Å². The zero-order valence-electron chi connectivity index (χ0n) is 16.4. The number of fused-ring (bicyclic) bond motifs is 1. The van der Waals surface area contributed by atoms with Gasteiger partial charge in [-0.3, -0.25) is 9.59 Å². The number of aryl methyl sites for hydroxylation is 1. The first-order valence-corrected chi connectivity index (χ1v) is 9.40. The van der Waals surface area contributed by atoms with Crippen LogP contribution < -0.4 is 0 Å². The zero-order chi connectivity index (χ0) is 19.6. The van der Waals surface area contributed by atoms with Crippen molar-refractivity contribution >= 4 is 22.8 Å². The maximum atomic E-state index is 12.2. The summed E-state index contributed by atoms with van der Waals surface area (Å²) in [5.41, 5.74) is 3.95. The number of nitrogens with zero attached hydrogens (tertiary/aromatic N) is 1. The Bertz CT molecular complexity index is 838. The van der Waals surface area contributed by atoms with Gasteiger partial charge in [0.25, 0.3) is 5.91 Å². The highest BCUT2D eigenvalue weighted by Crippen LogP contribution is 2.29. The number of hydrogen-bond acceptors (Lipinski definition) is 5. The highest BCUT2D eigenvalue weighted by Gasteiger charge is 2.22. The fourth-order valence-electron chi connectivity index (χ4n) is 3.49. The van der Waals surface area contributed by atoms with E-state index in [9.17, 15) is 9.59 Å². The fourth-order valence-corrected chi connectivity index (χ4v) is 3.49. The molecule has 0 spiro atoms. The Balaban J connectivity index is 1.62. The average molecular weight is 373 g/mol. The molecule has 1 amide bonds. The van der Waals surface area contributed by atoms with Crippen molar-refractivity contribution in [1.82, 2.24) is 4.90 Å². The van der Waals surface area contributed by atoms with E-state index in [2.05, 4.69) is 26.8 Å². The molecule has 1 saturated heterocycles.